The van der Waals surface area contributed by atoms with Gasteiger partial charge in [-0.2, -0.15) is 0 Å². The van der Waals surface area contributed by atoms with Gasteiger partial charge in [0, 0.05) is 44.2 Å². The van der Waals surface area contributed by atoms with Crippen molar-refractivity contribution in [3.05, 3.63) is 34.9 Å². The van der Waals surface area contributed by atoms with Crippen LogP contribution in [-0.2, 0) is 19.1 Å². The predicted octanol–water partition coefficient (Wildman–Crippen LogP) is 1.83. The lowest BCUT2D eigenvalue weighted by atomic mass is 10.0. The number of esters is 1. The molecule has 1 saturated heterocycles. The first-order valence-corrected chi connectivity index (χ1v) is 9.60. The zero-order valence-electron chi connectivity index (χ0n) is 16.2. The number of piperazine rings is 1. The molecule has 28 heavy (non-hydrogen) atoms. The number of nitrogens with one attached hydrogen (secondary N) is 1. The Kier molecular flexibility index (Phi) is 8.53. The number of halogens is 1. The van der Waals surface area contributed by atoms with E-state index < -0.39 is 12.1 Å². The van der Waals surface area contributed by atoms with Gasteiger partial charge >= 0.3 is 12.1 Å². The molecule has 0 aliphatic carbocycles. The molecule has 1 aliphatic rings. The molecule has 8 nitrogen and oxygen atoms in total. The molecule has 0 saturated carbocycles. The fourth-order valence-electron chi connectivity index (χ4n) is 3.12. The molecule has 1 aromatic carbocycles. The summed E-state index contributed by atoms with van der Waals surface area (Å²) < 4.78 is 9.73. The summed E-state index contributed by atoms with van der Waals surface area (Å²) in [6.45, 7) is 4.22. The van der Waals surface area contributed by atoms with E-state index in [4.69, 9.17) is 21.1 Å². The van der Waals surface area contributed by atoms with E-state index in [1.807, 2.05) is 17.0 Å². The summed E-state index contributed by atoms with van der Waals surface area (Å²) >= 11 is 6.28. The van der Waals surface area contributed by atoms with E-state index in [-0.39, 0.29) is 31.4 Å². The van der Waals surface area contributed by atoms with Crippen molar-refractivity contribution in [1.29, 1.82) is 0 Å². The summed E-state index contributed by atoms with van der Waals surface area (Å²) in [5, 5.41) is 3.04. The maximum absolute atomic E-state index is 12.4. The first-order chi connectivity index (χ1) is 13.5. The minimum Gasteiger partial charge on any atom is -0.468 e. The van der Waals surface area contributed by atoms with Gasteiger partial charge in [-0.25, -0.2) is 9.59 Å². The van der Waals surface area contributed by atoms with Crippen molar-refractivity contribution >= 4 is 29.6 Å². The highest BCUT2D eigenvalue weighted by Gasteiger charge is 2.33. The van der Waals surface area contributed by atoms with Gasteiger partial charge in [0.05, 0.1) is 13.7 Å². The van der Waals surface area contributed by atoms with Gasteiger partial charge in [-0.05, 0) is 18.6 Å². The first-order valence-electron chi connectivity index (χ1n) is 9.22. The molecular formula is C19H26ClN3O5. The summed E-state index contributed by atoms with van der Waals surface area (Å²) in [4.78, 5) is 39.7. The second-order valence-corrected chi connectivity index (χ2v) is 6.67. The van der Waals surface area contributed by atoms with Gasteiger partial charge in [0.15, 0.2) is 0 Å². The van der Waals surface area contributed by atoms with Gasteiger partial charge in [0.25, 0.3) is 0 Å². The van der Waals surface area contributed by atoms with E-state index in [1.165, 1.54) is 7.11 Å². The summed E-state index contributed by atoms with van der Waals surface area (Å²) in [6.07, 6.45) is -0.329. The number of hydrogen-bond donors (Lipinski definition) is 1. The van der Waals surface area contributed by atoms with Gasteiger partial charge in [-0.3, -0.25) is 9.69 Å². The van der Waals surface area contributed by atoms with Crippen LogP contribution in [0.15, 0.2) is 24.3 Å². The summed E-state index contributed by atoms with van der Waals surface area (Å²) in [6, 6.07) is 6.57. The van der Waals surface area contributed by atoms with Crippen LogP contribution >= 0.6 is 11.6 Å². The second kappa shape index (κ2) is 10.9. The average Bonchev–Trinajstić information content (AvgIpc) is 2.70. The van der Waals surface area contributed by atoms with E-state index in [0.29, 0.717) is 36.8 Å². The third-order valence-electron chi connectivity index (χ3n) is 4.54. The van der Waals surface area contributed by atoms with Crippen molar-refractivity contribution < 1.29 is 23.9 Å². The van der Waals surface area contributed by atoms with Crippen molar-refractivity contribution in [3.63, 3.8) is 0 Å². The van der Waals surface area contributed by atoms with Crippen molar-refractivity contribution in [2.24, 2.45) is 0 Å². The topological polar surface area (TPSA) is 88.2 Å². The molecule has 1 unspecified atom stereocenters. The molecule has 2 rings (SSSR count). The summed E-state index contributed by atoms with van der Waals surface area (Å²) in [5.74, 6) is -0.435. The van der Waals surface area contributed by atoms with E-state index in [0.717, 1.165) is 0 Å². The maximum atomic E-state index is 12.4. The van der Waals surface area contributed by atoms with Crippen LogP contribution in [0.4, 0.5) is 4.79 Å². The number of ether oxygens (including phenoxy) is 2. The number of benzene rings is 1. The van der Waals surface area contributed by atoms with E-state index in [9.17, 15) is 14.4 Å². The van der Waals surface area contributed by atoms with Gasteiger partial charge in [0.1, 0.15) is 6.04 Å². The monoisotopic (exact) mass is 411 g/mol. The predicted molar refractivity (Wildman–Crippen MR) is 104 cm³/mol. The molecule has 154 valence electrons. The Balaban J connectivity index is 1.91. The van der Waals surface area contributed by atoms with Gasteiger partial charge in [-0.1, -0.05) is 29.8 Å². The molecule has 0 bridgehead atoms. The van der Waals surface area contributed by atoms with Crippen LogP contribution in [0.3, 0.4) is 0 Å². The number of rotatable bonds is 7. The second-order valence-electron chi connectivity index (χ2n) is 6.26. The van der Waals surface area contributed by atoms with Crippen LogP contribution in [0, 0.1) is 0 Å². The largest absolute Gasteiger partial charge is 0.468 e. The Morgan fingerprint density at radius 2 is 1.86 bits per heavy atom. The molecular weight excluding hydrogens is 386 g/mol. The third-order valence-corrected chi connectivity index (χ3v) is 4.88. The highest BCUT2D eigenvalue weighted by molar-refractivity contribution is 6.31. The smallest absolute Gasteiger partial charge is 0.407 e. The van der Waals surface area contributed by atoms with Crippen molar-refractivity contribution in [2.45, 2.75) is 19.4 Å². The molecule has 9 heteroatoms. The SMILES string of the molecule is CCOC(=O)NCCC(=O)N1CCN(C(C(=O)OC)c2ccccc2Cl)CC1. The van der Waals surface area contributed by atoms with Crippen LogP contribution in [0.25, 0.3) is 0 Å². The lowest BCUT2D eigenvalue weighted by Gasteiger charge is -2.38. The highest BCUT2D eigenvalue weighted by Crippen LogP contribution is 2.29. The molecule has 0 spiro atoms. The lowest BCUT2D eigenvalue weighted by Crippen LogP contribution is -2.51. The van der Waals surface area contributed by atoms with Crippen LogP contribution < -0.4 is 5.32 Å². The Hall–Kier alpha value is -2.32. The van der Waals surface area contributed by atoms with E-state index in [2.05, 4.69) is 5.32 Å². The van der Waals surface area contributed by atoms with Crippen molar-refractivity contribution in [3.8, 4) is 0 Å². The fraction of sp³-hybridized carbons (Fsp3) is 0.526. The van der Waals surface area contributed by atoms with Gasteiger partial charge in [-0.15, -0.1) is 0 Å². The minimum atomic E-state index is -0.610. The van der Waals surface area contributed by atoms with Crippen LogP contribution in [0.1, 0.15) is 24.9 Å². The van der Waals surface area contributed by atoms with Crippen molar-refractivity contribution in [2.75, 3.05) is 46.4 Å². The summed E-state index contributed by atoms with van der Waals surface area (Å²) in [7, 11) is 1.35. The molecule has 2 amide bonds. The Bertz CT molecular complexity index is 692. The molecule has 1 aromatic rings. The van der Waals surface area contributed by atoms with Crippen LogP contribution in [-0.4, -0.2) is 74.2 Å². The molecule has 0 aromatic heterocycles. The number of nitrogens with zero attached hydrogens (tertiary/aromatic N) is 2. The fourth-order valence-corrected chi connectivity index (χ4v) is 3.36. The number of carbonyl (C=O) groups is 3. The third kappa shape index (κ3) is 5.84. The molecule has 1 fully saturated rings. The molecule has 1 atom stereocenters. The van der Waals surface area contributed by atoms with E-state index >= 15 is 0 Å². The maximum Gasteiger partial charge on any atom is 0.407 e. The number of methoxy groups -OCH3 is 1. The van der Waals surface area contributed by atoms with Gasteiger partial charge < -0.3 is 19.7 Å². The zero-order valence-corrected chi connectivity index (χ0v) is 16.9. The average molecular weight is 412 g/mol. The number of amides is 2. The quantitative estimate of drug-likeness (QED) is 0.689. The molecule has 0 radical (unpaired) electrons. The van der Waals surface area contributed by atoms with E-state index in [1.54, 1.807) is 24.0 Å². The highest BCUT2D eigenvalue weighted by atomic mass is 35.5. The standard InChI is InChI=1S/C19H26ClN3O5/c1-3-28-19(26)21-9-8-16(24)22-10-12-23(13-11-22)17(18(25)27-2)14-6-4-5-7-15(14)20/h4-7,17H,3,8-13H2,1-2H3,(H,21,26). The Morgan fingerprint density at radius 1 is 1.18 bits per heavy atom. The summed E-state index contributed by atoms with van der Waals surface area (Å²) in [5.41, 5.74) is 0.689. The molecule has 1 N–H and O–H groups in total. The van der Waals surface area contributed by atoms with Crippen LogP contribution in [0.2, 0.25) is 5.02 Å². The van der Waals surface area contributed by atoms with Crippen LogP contribution in [0.5, 0.6) is 0 Å². The molecule has 1 heterocycles. The van der Waals surface area contributed by atoms with Gasteiger partial charge in [0.2, 0.25) is 5.91 Å². The normalized spacial score (nSPS) is 15.6. The number of carbonyl (C=O) groups excluding carboxylic acids is 3. The number of alkyl carbamates (subject to hydrolysis) is 1. The number of hydrogen-bond acceptors (Lipinski definition) is 6. The molecule has 1 aliphatic heterocycles. The first kappa shape index (κ1) is 22.0. The lowest BCUT2D eigenvalue weighted by molar-refractivity contribution is -0.148. The Morgan fingerprint density at radius 3 is 2.46 bits per heavy atom. The zero-order chi connectivity index (χ0) is 20.5. The van der Waals surface area contributed by atoms with Crippen molar-refractivity contribution in [1.82, 2.24) is 15.1 Å². The minimum absolute atomic E-state index is 0.0520. The Labute approximate surface area is 169 Å².